The molecule has 3 rings (SSSR count). The topological polar surface area (TPSA) is 76.1 Å². The largest absolute Gasteiger partial charge is 0.486 e. The zero-order chi connectivity index (χ0) is 14.8. The van der Waals surface area contributed by atoms with Crippen LogP contribution in [0.1, 0.15) is 12.0 Å². The average molecular weight is 291 g/mol. The number of carbonyl (C=O) groups excluding carboxylic acids is 1. The lowest BCUT2D eigenvalue weighted by Crippen LogP contribution is -2.28. The maximum absolute atomic E-state index is 11.8. The molecule has 2 aliphatic heterocycles. The Hall–Kier alpha value is -2.24. The molecule has 1 aromatic rings. The number of amides is 1. The van der Waals surface area contributed by atoms with Gasteiger partial charge in [0.2, 0.25) is 5.91 Å². The second-order valence-corrected chi connectivity index (χ2v) is 5.31. The molecule has 0 aliphatic carbocycles. The number of hydrogen-bond donors (Lipinski definition) is 1. The molecule has 0 saturated carbocycles. The van der Waals surface area contributed by atoms with Crippen molar-refractivity contribution in [2.45, 2.75) is 12.8 Å². The highest BCUT2D eigenvalue weighted by Crippen LogP contribution is 2.31. The first-order valence-electron chi connectivity index (χ1n) is 7.02. The molecule has 1 unspecified atom stereocenters. The predicted molar refractivity (Wildman–Crippen MR) is 73.5 cm³/mol. The number of carboxylic acids is 1. The molecule has 6 heteroatoms. The van der Waals surface area contributed by atoms with Crippen molar-refractivity contribution in [1.82, 2.24) is 4.90 Å². The van der Waals surface area contributed by atoms with Crippen molar-refractivity contribution in [2.24, 2.45) is 5.92 Å². The van der Waals surface area contributed by atoms with Crippen molar-refractivity contribution in [3.05, 3.63) is 23.8 Å². The summed E-state index contributed by atoms with van der Waals surface area (Å²) >= 11 is 0. The summed E-state index contributed by atoms with van der Waals surface area (Å²) in [5.41, 5.74) is 1.05. The zero-order valence-corrected chi connectivity index (χ0v) is 11.6. The maximum Gasteiger partial charge on any atom is 0.308 e. The molecule has 1 saturated heterocycles. The van der Waals surface area contributed by atoms with E-state index in [-0.39, 0.29) is 12.3 Å². The van der Waals surface area contributed by atoms with Crippen molar-refractivity contribution >= 4 is 11.9 Å². The van der Waals surface area contributed by atoms with Crippen LogP contribution in [0.3, 0.4) is 0 Å². The summed E-state index contributed by atoms with van der Waals surface area (Å²) < 4.78 is 11.0. The number of nitrogens with zero attached hydrogens (tertiary/aromatic N) is 1. The highest BCUT2D eigenvalue weighted by Gasteiger charge is 2.33. The number of carbonyl (C=O) groups is 2. The van der Waals surface area contributed by atoms with E-state index in [1.807, 2.05) is 18.2 Å². The third-order valence-corrected chi connectivity index (χ3v) is 3.84. The molecule has 1 amide bonds. The van der Waals surface area contributed by atoms with Gasteiger partial charge in [-0.15, -0.1) is 0 Å². The molecule has 2 aliphatic rings. The SMILES string of the molecule is O=C(O)C1CC(=O)N(CCc2ccc3c(c2)OCCO3)C1. The van der Waals surface area contributed by atoms with Gasteiger partial charge in [0, 0.05) is 19.5 Å². The number of rotatable bonds is 4. The highest BCUT2D eigenvalue weighted by atomic mass is 16.6. The number of benzene rings is 1. The molecular formula is C15H17NO5. The van der Waals surface area contributed by atoms with Crippen LogP contribution in [0, 0.1) is 5.92 Å². The lowest BCUT2D eigenvalue weighted by molar-refractivity contribution is -0.141. The van der Waals surface area contributed by atoms with Crippen LogP contribution in [-0.2, 0) is 16.0 Å². The summed E-state index contributed by atoms with van der Waals surface area (Å²) in [6, 6.07) is 5.74. The standard InChI is InChI=1S/C15H17NO5/c17-14-8-11(15(18)19)9-16(14)4-3-10-1-2-12-13(7-10)21-6-5-20-12/h1-2,7,11H,3-6,8-9H2,(H,18,19). The van der Waals surface area contributed by atoms with E-state index in [4.69, 9.17) is 14.6 Å². The first kappa shape index (κ1) is 13.7. The van der Waals surface area contributed by atoms with Gasteiger partial charge in [-0.1, -0.05) is 6.07 Å². The summed E-state index contributed by atoms with van der Waals surface area (Å²) in [5, 5.41) is 8.96. The van der Waals surface area contributed by atoms with Crippen molar-refractivity contribution in [1.29, 1.82) is 0 Å². The van der Waals surface area contributed by atoms with Crippen LogP contribution < -0.4 is 9.47 Å². The summed E-state index contributed by atoms with van der Waals surface area (Å²) in [4.78, 5) is 24.3. The van der Waals surface area contributed by atoms with E-state index in [2.05, 4.69) is 0 Å². The van der Waals surface area contributed by atoms with Crippen LogP contribution in [0.15, 0.2) is 18.2 Å². The van der Waals surface area contributed by atoms with Crippen molar-refractivity contribution in [3.8, 4) is 11.5 Å². The Labute approximate surface area is 122 Å². The molecule has 0 spiro atoms. The number of hydrogen-bond acceptors (Lipinski definition) is 4. The molecule has 1 aromatic carbocycles. The smallest absolute Gasteiger partial charge is 0.308 e. The minimum absolute atomic E-state index is 0.0834. The fraction of sp³-hybridized carbons (Fsp3) is 0.467. The lowest BCUT2D eigenvalue weighted by Gasteiger charge is -2.20. The van der Waals surface area contributed by atoms with Gasteiger partial charge < -0.3 is 19.5 Å². The van der Waals surface area contributed by atoms with Crippen LogP contribution in [0.4, 0.5) is 0 Å². The molecular weight excluding hydrogens is 274 g/mol. The lowest BCUT2D eigenvalue weighted by atomic mass is 10.1. The van der Waals surface area contributed by atoms with Gasteiger partial charge >= 0.3 is 5.97 Å². The van der Waals surface area contributed by atoms with E-state index in [9.17, 15) is 9.59 Å². The molecule has 0 aromatic heterocycles. The average Bonchev–Trinajstić information content (AvgIpc) is 2.86. The Morgan fingerprint density at radius 2 is 2.05 bits per heavy atom. The van der Waals surface area contributed by atoms with E-state index >= 15 is 0 Å². The monoisotopic (exact) mass is 291 g/mol. The van der Waals surface area contributed by atoms with Crippen molar-refractivity contribution in [3.63, 3.8) is 0 Å². The van der Waals surface area contributed by atoms with Gasteiger partial charge in [-0.3, -0.25) is 9.59 Å². The summed E-state index contributed by atoms with van der Waals surface area (Å²) in [7, 11) is 0. The molecule has 2 heterocycles. The van der Waals surface area contributed by atoms with Crippen molar-refractivity contribution < 1.29 is 24.2 Å². The van der Waals surface area contributed by atoms with Crippen LogP contribution >= 0.6 is 0 Å². The Morgan fingerprint density at radius 3 is 2.76 bits per heavy atom. The third kappa shape index (κ3) is 2.94. The molecule has 112 valence electrons. The highest BCUT2D eigenvalue weighted by molar-refractivity contribution is 5.86. The summed E-state index contributed by atoms with van der Waals surface area (Å²) in [5.74, 6) is -0.0778. The zero-order valence-electron chi connectivity index (χ0n) is 11.6. The molecule has 0 radical (unpaired) electrons. The van der Waals surface area contributed by atoms with Gasteiger partial charge in [-0.2, -0.15) is 0 Å². The molecule has 1 N–H and O–H groups in total. The number of ether oxygens (including phenoxy) is 2. The van der Waals surface area contributed by atoms with Crippen molar-refractivity contribution in [2.75, 3.05) is 26.3 Å². The van der Waals surface area contributed by atoms with Gasteiger partial charge in [0.1, 0.15) is 13.2 Å². The molecule has 21 heavy (non-hydrogen) atoms. The summed E-state index contributed by atoms with van der Waals surface area (Å²) in [6.45, 7) is 1.94. The Morgan fingerprint density at radius 1 is 1.29 bits per heavy atom. The minimum atomic E-state index is -0.898. The minimum Gasteiger partial charge on any atom is -0.486 e. The number of carboxylic acid groups (broad SMARTS) is 1. The number of likely N-dealkylation sites (tertiary alicyclic amines) is 1. The van der Waals surface area contributed by atoms with E-state index in [0.717, 1.165) is 17.1 Å². The molecule has 6 nitrogen and oxygen atoms in total. The van der Waals surface area contributed by atoms with E-state index in [0.29, 0.717) is 32.7 Å². The van der Waals surface area contributed by atoms with Crippen LogP contribution in [0.5, 0.6) is 11.5 Å². The third-order valence-electron chi connectivity index (χ3n) is 3.84. The fourth-order valence-corrected chi connectivity index (χ4v) is 2.66. The molecule has 1 atom stereocenters. The van der Waals surface area contributed by atoms with Gasteiger partial charge in [0.15, 0.2) is 11.5 Å². The molecule has 1 fully saturated rings. The van der Waals surface area contributed by atoms with Gasteiger partial charge in [-0.05, 0) is 24.1 Å². The predicted octanol–water partition coefficient (Wildman–Crippen LogP) is 0.933. The maximum atomic E-state index is 11.8. The normalized spacial score (nSPS) is 20.7. The van der Waals surface area contributed by atoms with E-state index in [1.54, 1.807) is 4.90 Å². The Balaban J connectivity index is 1.60. The van der Waals surface area contributed by atoms with Gasteiger partial charge in [-0.25, -0.2) is 0 Å². The van der Waals surface area contributed by atoms with Gasteiger partial charge in [0.05, 0.1) is 5.92 Å². The van der Waals surface area contributed by atoms with Crippen LogP contribution in [-0.4, -0.2) is 48.2 Å². The van der Waals surface area contributed by atoms with Crippen LogP contribution in [0.2, 0.25) is 0 Å². The second kappa shape index (κ2) is 5.63. The first-order chi connectivity index (χ1) is 10.1. The Kier molecular flexibility index (Phi) is 3.68. The van der Waals surface area contributed by atoms with E-state index in [1.165, 1.54) is 0 Å². The van der Waals surface area contributed by atoms with Gasteiger partial charge in [0.25, 0.3) is 0 Å². The number of aliphatic carboxylic acids is 1. The molecule has 0 bridgehead atoms. The van der Waals surface area contributed by atoms with E-state index < -0.39 is 11.9 Å². The Bertz CT molecular complexity index is 571. The number of fused-ring (bicyclic) bond motifs is 1. The van der Waals surface area contributed by atoms with Crippen LogP contribution in [0.25, 0.3) is 0 Å². The fourth-order valence-electron chi connectivity index (χ4n) is 2.66. The second-order valence-electron chi connectivity index (χ2n) is 5.31. The quantitative estimate of drug-likeness (QED) is 0.893. The first-order valence-corrected chi connectivity index (χ1v) is 7.02. The summed E-state index contributed by atoms with van der Waals surface area (Å²) in [6.07, 6.45) is 0.783.